The van der Waals surface area contributed by atoms with Crippen molar-refractivity contribution in [2.75, 3.05) is 0 Å². The number of carbonyl (C=O) groups is 2. The first-order valence-electron chi connectivity index (χ1n) is 6.61. The lowest BCUT2D eigenvalue weighted by Gasteiger charge is -2.37. The zero-order chi connectivity index (χ0) is 19.5. The molecule has 138 valence electrons. The zero-order valence-electron chi connectivity index (χ0n) is 13.5. The van der Waals surface area contributed by atoms with Crippen molar-refractivity contribution >= 4 is 27.0 Å². The van der Waals surface area contributed by atoms with Crippen LogP contribution < -0.4 is 10.6 Å². The number of carbonyl (C=O) groups excluding carboxylic acids is 2. The van der Waals surface area contributed by atoms with Gasteiger partial charge in [-0.2, -0.15) is 0 Å². The Kier molecular flexibility index (Phi) is 7.32. The maximum Gasteiger partial charge on any atom is 0.363 e. The van der Waals surface area contributed by atoms with Gasteiger partial charge < -0.3 is 30.2 Å². The average molecular weight is 384 g/mol. The van der Waals surface area contributed by atoms with Crippen molar-refractivity contribution in [3.63, 3.8) is 0 Å². The van der Waals surface area contributed by atoms with Gasteiger partial charge in [0.15, 0.2) is 0 Å². The normalized spacial score (nSPS) is 13.8. The molecule has 0 heterocycles. The van der Waals surface area contributed by atoms with E-state index in [2.05, 4.69) is 18.5 Å². The highest BCUT2D eigenvalue weighted by Crippen LogP contribution is 2.69. The third-order valence-corrected chi connectivity index (χ3v) is 7.10. The molecule has 0 aliphatic carbocycles. The van der Waals surface area contributed by atoms with Crippen molar-refractivity contribution in [1.82, 2.24) is 10.6 Å². The van der Waals surface area contributed by atoms with Gasteiger partial charge in [-0.05, 0) is 20.8 Å². The summed E-state index contributed by atoms with van der Waals surface area (Å²) in [5.74, 6) is -1.81. The monoisotopic (exact) mass is 384 g/mol. The second-order valence-electron chi connectivity index (χ2n) is 5.50. The second-order valence-corrected chi connectivity index (χ2v) is 9.55. The number of nitrogens with one attached hydrogen (secondary N) is 2. The predicted octanol–water partition coefficient (Wildman–Crippen LogP) is 0.159. The minimum Gasteiger partial charge on any atom is -0.350 e. The van der Waals surface area contributed by atoms with Crippen molar-refractivity contribution in [3.05, 3.63) is 24.3 Å². The van der Waals surface area contributed by atoms with Crippen LogP contribution in [0.3, 0.4) is 0 Å². The van der Waals surface area contributed by atoms with E-state index in [4.69, 9.17) is 0 Å². The third kappa shape index (κ3) is 5.37. The first-order chi connectivity index (χ1) is 10.5. The quantitative estimate of drug-likeness (QED) is 0.253. The highest BCUT2D eigenvalue weighted by molar-refractivity contribution is 7.72. The maximum atomic E-state index is 11.8. The van der Waals surface area contributed by atoms with Crippen LogP contribution in [0.25, 0.3) is 0 Å². The Hall–Kier alpha value is -1.28. The summed E-state index contributed by atoms with van der Waals surface area (Å²) in [6.07, 6.45) is -0.917. The van der Waals surface area contributed by atoms with Gasteiger partial charge in [0.1, 0.15) is 0 Å². The van der Waals surface area contributed by atoms with Crippen molar-refractivity contribution in [1.29, 1.82) is 0 Å². The van der Waals surface area contributed by atoms with E-state index < -0.39 is 44.5 Å². The third-order valence-electron chi connectivity index (χ3n) is 3.02. The second kappa shape index (κ2) is 7.74. The molecule has 6 N–H and O–H groups in total. The molecule has 0 spiro atoms. The van der Waals surface area contributed by atoms with Crippen LogP contribution >= 0.6 is 15.2 Å². The minimum atomic E-state index is -5.55. The van der Waals surface area contributed by atoms with Gasteiger partial charge in [0.2, 0.25) is 16.8 Å². The van der Waals surface area contributed by atoms with Gasteiger partial charge in [-0.1, -0.05) is 13.2 Å². The number of rotatable bonds is 8. The number of hydrogen-bond donors (Lipinski definition) is 6. The van der Waals surface area contributed by atoms with E-state index in [1.165, 1.54) is 20.8 Å². The fraction of sp³-hybridized carbons (Fsp3) is 0.500. The molecule has 0 bridgehead atoms. The fourth-order valence-electron chi connectivity index (χ4n) is 1.72. The molecule has 0 radical (unpaired) electrons. The van der Waals surface area contributed by atoms with E-state index in [-0.39, 0.29) is 11.1 Å². The van der Waals surface area contributed by atoms with E-state index in [1.54, 1.807) is 5.32 Å². The van der Waals surface area contributed by atoms with E-state index in [0.717, 1.165) is 0 Å². The average Bonchev–Trinajstić information content (AvgIpc) is 2.34. The van der Waals surface area contributed by atoms with Crippen LogP contribution in [0.2, 0.25) is 0 Å². The summed E-state index contributed by atoms with van der Waals surface area (Å²) in [5.41, 5.74) is -0.120. The molecule has 0 aliphatic heterocycles. The molecule has 0 aromatic carbocycles. The van der Waals surface area contributed by atoms with Gasteiger partial charge in [0.25, 0.3) is 0 Å². The molecule has 12 heteroatoms. The molecule has 0 aromatic heterocycles. The van der Waals surface area contributed by atoms with Crippen LogP contribution in [0.15, 0.2) is 24.3 Å². The molecule has 10 nitrogen and oxygen atoms in total. The standard InChI is InChI=1S/C12H22N2O8P2/c1-7(2)10(15)13-9(5)6-12(23(17,18)19,24(20,21)22)14-11(16)8(3)4/h9H,1,3,6H2,2,4-5H3,(H,13,15)(H,14,16)(H2,17,18,19)(H2,20,21,22). The summed E-state index contributed by atoms with van der Waals surface area (Å²) >= 11 is 0. The molecule has 0 saturated carbocycles. The van der Waals surface area contributed by atoms with Crippen LogP contribution in [0.4, 0.5) is 0 Å². The lowest BCUT2D eigenvalue weighted by Crippen LogP contribution is -2.52. The van der Waals surface area contributed by atoms with Crippen LogP contribution in [0.5, 0.6) is 0 Å². The summed E-state index contributed by atoms with van der Waals surface area (Å²) in [4.78, 5) is 61.5. The molecule has 0 aliphatic rings. The topological polar surface area (TPSA) is 173 Å². The highest BCUT2D eigenvalue weighted by atomic mass is 31.2. The number of amides is 2. The molecular formula is C12H22N2O8P2. The van der Waals surface area contributed by atoms with Gasteiger partial charge in [0, 0.05) is 23.6 Å². The van der Waals surface area contributed by atoms with E-state index in [9.17, 15) is 38.3 Å². The zero-order valence-corrected chi connectivity index (χ0v) is 15.3. The summed E-state index contributed by atoms with van der Waals surface area (Å²) < 4.78 is 23.7. The molecule has 0 fully saturated rings. The van der Waals surface area contributed by atoms with Gasteiger partial charge in [-0.3, -0.25) is 18.7 Å². The van der Waals surface area contributed by atoms with Crippen molar-refractivity contribution in [3.8, 4) is 0 Å². The molecule has 1 atom stereocenters. The van der Waals surface area contributed by atoms with Gasteiger partial charge in [0.05, 0.1) is 0 Å². The molecule has 0 rings (SSSR count). The maximum absolute atomic E-state index is 11.8. The molecule has 1 unspecified atom stereocenters. The summed E-state index contributed by atoms with van der Waals surface area (Å²) in [7, 11) is -11.1. The van der Waals surface area contributed by atoms with Crippen molar-refractivity contribution in [2.45, 2.75) is 38.3 Å². The lowest BCUT2D eigenvalue weighted by molar-refractivity contribution is -0.118. The molecule has 2 amide bonds. The smallest absolute Gasteiger partial charge is 0.350 e. The van der Waals surface area contributed by atoms with Crippen molar-refractivity contribution < 1.29 is 38.3 Å². The Morgan fingerprint density at radius 2 is 1.38 bits per heavy atom. The summed E-state index contributed by atoms with van der Waals surface area (Å²) in [5, 5.41) is 0.791. The van der Waals surface area contributed by atoms with Crippen LogP contribution in [0, 0.1) is 0 Å². The van der Waals surface area contributed by atoms with Crippen LogP contribution in [0.1, 0.15) is 27.2 Å². The number of hydrogen-bond acceptors (Lipinski definition) is 4. The molecular weight excluding hydrogens is 362 g/mol. The first kappa shape index (κ1) is 22.7. The van der Waals surface area contributed by atoms with Crippen molar-refractivity contribution in [2.24, 2.45) is 0 Å². The lowest BCUT2D eigenvalue weighted by atomic mass is 10.2. The Balaban J connectivity index is 5.94. The summed E-state index contributed by atoms with van der Waals surface area (Å²) in [6, 6.07) is -1.10. The molecule has 0 aromatic rings. The fourth-order valence-corrected chi connectivity index (χ4v) is 4.59. The predicted molar refractivity (Wildman–Crippen MR) is 86.8 cm³/mol. The Labute approximate surface area is 139 Å². The highest BCUT2D eigenvalue weighted by Gasteiger charge is 2.62. The van der Waals surface area contributed by atoms with E-state index >= 15 is 0 Å². The van der Waals surface area contributed by atoms with Crippen LogP contribution in [-0.4, -0.2) is 42.5 Å². The first-order valence-corrected chi connectivity index (χ1v) is 9.83. The molecule has 24 heavy (non-hydrogen) atoms. The van der Waals surface area contributed by atoms with E-state index in [1.807, 2.05) is 0 Å². The SMILES string of the molecule is C=C(C)C(=O)NC(C)CC(NC(=O)C(=C)C)(P(=O)(O)O)P(=O)(O)O. The van der Waals surface area contributed by atoms with Gasteiger partial charge in [-0.25, -0.2) is 0 Å². The Morgan fingerprint density at radius 1 is 1.00 bits per heavy atom. The van der Waals surface area contributed by atoms with Gasteiger partial charge in [-0.15, -0.1) is 0 Å². The Bertz CT molecular complexity index is 625. The van der Waals surface area contributed by atoms with E-state index in [0.29, 0.717) is 0 Å². The largest absolute Gasteiger partial charge is 0.363 e. The summed E-state index contributed by atoms with van der Waals surface area (Å²) in [6.45, 7) is 10.5. The minimum absolute atomic E-state index is 0.0887. The molecule has 0 saturated heterocycles. The van der Waals surface area contributed by atoms with Gasteiger partial charge >= 0.3 is 15.2 Å². The Morgan fingerprint density at radius 3 is 1.67 bits per heavy atom. The van der Waals surface area contributed by atoms with Crippen LogP contribution in [-0.2, 0) is 18.7 Å².